The Kier molecular flexibility index (Phi) is 5.55. The van der Waals surface area contributed by atoms with E-state index in [0.717, 1.165) is 33.5 Å². The number of benzene rings is 2. The average molecular weight is 475 g/mol. The lowest BCUT2D eigenvalue weighted by molar-refractivity contribution is 0.599. The third-order valence-corrected chi connectivity index (χ3v) is 7.33. The quantitative estimate of drug-likeness (QED) is 0.380. The number of aromatic nitrogens is 4. The first-order chi connectivity index (χ1) is 16.0. The molecular weight excluding hydrogens is 456 g/mol. The largest absolute Gasteiger partial charge is 0.364 e. The van der Waals surface area contributed by atoms with E-state index in [1.807, 2.05) is 66.7 Å². The van der Waals surface area contributed by atoms with Crippen LogP contribution >= 0.6 is 11.3 Å². The fraction of sp³-hybridized carbons (Fsp3) is 0.0435. The Morgan fingerprint density at radius 2 is 1.73 bits per heavy atom. The van der Waals surface area contributed by atoms with Crippen LogP contribution in [-0.2, 0) is 16.6 Å². The number of nitrogens with one attached hydrogen (secondary N) is 1. The predicted octanol–water partition coefficient (Wildman–Crippen LogP) is 4.07. The van der Waals surface area contributed by atoms with E-state index in [-0.39, 0.29) is 4.21 Å². The fourth-order valence-corrected chi connectivity index (χ4v) is 4.92. The van der Waals surface area contributed by atoms with Gasteiger partial charge in [0.25, 0.3) is 0 Å². The molecule has 164 valence electrons. The Balaban J connectivity index is 1.67. The molecule has 5 aromatic rings. The molecule has 33 heavy (non-hydrogen) atoms. The second-order valence-electron chi connectivity index (χ2n) is 7.17. The summed E-state index contributed by atoms with van der Waals surface area (Å²) < 4.78 is 23.4. The van der Waals surface area contributed by atoms with Gasteiger partial charge in [0.05, 0.1) is 29.3 Å². The summed E-state index contributed by atoms with van der Waals surface area (Å²) in [6.45, 7) is 0.454. The standard InChI is InChI=1S/C23H18N6O2S2/c24-33(30,31)19-14-27-23(32-19)22-28-18-11-6-10-17(15-7-2-1-3-8-15)20(18)21(29-22)26-13-16-9-4-5-12-25-16/h1-12,14H,13H2,(H2,24,30,31)(H,26,28,29). The SMILES string of the molecule is NS(=O)(=O)c1cnc(-c2nc(NCc3ccccn3)c3c(-c4ccccc4)cccc3n2)s1. The van der Waals surface area contributed by atoms with Crippen molar-refractivity contribution in [1.29, 1.82) is 0 Å². The highest BCUT2D eigenvalue weighted by Gasteiger charge is 2.19. The molecule has 0 spiro atoms. The maximum Gasteiger partial charge on any atom is 0.249 e. The third-order valence-electron chi connectivity index (χ3n) is 4.93. The molecule has 10 heteroatoms. The highest BCUT2D eigenvalue weighted by Crippen LogP contribution is 2.35. The predicted molar refractivity (Wildman–Crippen MR) is 129 cm³/mol. The first-order valence-electron chi connectivity index (χ1n) is 9.98. The Labute approximate surface area is 194 Å². The highest BCUT2D eigenvalue weighted by atomic mass is 32.2. The second-order valence-corrected chi connectivity index (χ2v) is 9.98. The summed E-state index contributed by atoms with van der Waals surface area (Å²) in [6.07, 6.45) is 2.96. The smallest absolute Gasteiger partial charge is 0.249 e. The van der Waals surface area contributed by atoms with E-state index in [4.69, 9.17) is 10.1 Å². The van der Waals surface area contributed by atoms with Gasteiger partial charge in [0.1, 0.15) is 5.82 Å². The van der Waals surface area contributed by atoms with Crippen molar-refractivity contribution >= 4 is 38.1 Å². The van der Waals surface area contributed by atoms with E-state index in [1.54, 1.807) is 6.20 Å². The monoisotopic (exact) mass is 474 g/mol. The Bertz CT molecular complexity index is 1540. The van der Waals surface area contributed by atoms with E-state index in [1.165, 1.54) is 6.20 Å². The number of pyridine rings is 1. The lowest BCUT2D eigenvalue weighted by Crippen LogP contribution is -2.09. The molecule has 3 aromatic heterocycles. The molecule has 2 aromatic carbocycles. The van der Waals surface area contributed by atoms with Crippen molar-refractivity contribution in [3.8, 4) is 22.0 Å². The molecule has 0 atom stereocenters. The van der Waals surface area contributed by atoms with Crippen molar-refractivity contribution in [2.24, 2.45) is 5.14 Å². The summed E-state index contributed by atoms with van der Waals surface area (Å²) in [5, 5.41) is 9.85. The molecule has 0 fully saturated rings. The van der Waals surface area contributed by atoms with Crippen molar-refractivity contribution in [3.63, 3.8) is 0 Å². The summed E-state index contributed by atoms with van der Waals surface area (Å²) in [7, 11) is -3.86. The lowest BCUT2D eigenvalue weighted by Gasteiger charge is -2.13. The van der Waals surface area contributed by atoms with Crippen LogP contribution < -0.4 is 10.5 Å². The van der Waals surface area contributed by atoms with Crippen LogP contribution in [-0.4, -0.2) is 28.4 Å². The molecule has 0 aliphatic rings. The minimum absolute atomic E-state index is 0.0396. The average Bonchev–Trinajstić information content (AvgIpc) is 3.34. The van der Waals surface area contributed by atoms with Crippen molar-refractivity contribution in [2.75, 3.05) is 5.32 Å². The maximum atomic E-state index is 11.7. The Morgan fingerprint density at radius 3 is 2.45 bits per heavy atom. The molecule has 0 bridgehead atoms. The van der Waals surface area contributed by atoms with E-state index in [2.05, 4.69) is 20.3 Å². The molecular formula is C23H18N6O2S2. The van der Waals surface area contributed by atoms with Gasteiger partial charge in [-0.25, -0.2) is 28.5 Å². The van der Waals surface area contributed by atoms with Gasteiger partial charge in [0.15, 0.2) is 15.0 Å². The van der Waals surface area contributed by atoms with Crippen LogP contribution in [0.1, 0.15) is 5.69 Å². The number of primary sulfonamides is 1. The van der Waals surface area contributed by atoms with Gasteiger partial charge in [-0.2, -0.15) is 0 Å². The summed E-state index contributed by atoms with van der Waals surface area (Å²) in [6, 6.07) is 21.6. The van der Waals surface area contributed by atoms with Crippen molar-refractivity contribution in [3.05, 3.63) is 84.8 Å². The molecule has 3 N–H and O–H groups in total. The normalized spacial score (nSPS) is 11.5. The molecule has 8 nitrogen and oxygen atoms in total. The van der Waals surface area contributed by atoms with Crippen LogP contribution in [0.15, 0.2) is 83.3 Å². The summed E-state index contributed by atoms with van der Waals surface area (Å²) in [5.41, 5.74) is 3.57. The summed E-state index contributed by atoms with van der Waals surface area (Å²) >= 11 is 0.936. The summed E-state index contributed by atoms with van der Waals surface area (Å²) in [4.78, 5) is 18.0. The molecule has 0 aliphatic heterocycles. The topological polar surface area (TPSA) is 124 Å². The van der Waals surface area contributed by atoms with Crippen LogP contribution in [0.25, 0.3) is 32.9 Å². The molecule has 0 unspecified atom stereocenters. The minimum Gasteiger partial charge on any atom is -0.364 e. The van der Waals surface area contributed by atoms with Crippen LogP contribution in [0.3, 0.4) is 0 Å². The van der Waals surface area contributed by atoms with E-state index in [0.29, 0.717) is 28.7 Å². The number of rotatable bonds is 6. The van der Waals surface area contributed by atoms with Gasteiger partial charge in [-0.3, -0.25) is 4.98 Å². The van der Waals surface area contributed by atoms with E-state index in [9.17, 15) is 8.42 Å². The molecule has 5 rings (SSSR count). The number of hydrogen-bond donors (Lipinski definition) is 2. The van der Waals surface area contributed by atoms with Gasteiger partial charge in [0.2, 0.25) is 10.0 Å². The van der Waals surface area contributed by atoms with E-state index < -0.39 is 10.0 Å². The Morgan fingerprint density at radius 1 is 0.909 bits per heavy atom. The fourth-order valence-electron chi connectivity index (χ4n) is 3.44. The van der Waals surface area contributed by atoms with Gasteiger partial charge < -0.3 is 5.32 Å². The molecule has 0 radical (unpaired) electrons. The molecule has 0 amide bonds. The number of hydrogen-bond acceptors (Lipinski definition) is 8. The molecule has 0 aliphatic carbocycles. The first kappa shape index (κ1) is 21.1. The van der Waals surface area contributed by atoms with Crippen LogP contribution in [0.5, 0.6) is 0 Å². The van der Waals surface area contributed by atoms with Crippen molar-refractivity contribution < 1.29 is 8.42 Å². The molecule has 0 saturated carbocycles. The number of fused-ring (bicyclic) bond motifs is 1. The number of thiazole rings is 1. The van der Waals surface area contributed by atoms with E-state index >= 15 is 0 Å². The number of nitrogens with two attached hydrogens (primary N) is 1. The van der Waals surface area contributed by atoms with Crippen LogP contribution in [0.4, 0.5) is 5.82 Å². The lowest BCUT2D eigenvalue weighted by atomic mass is 10.0. The summed E-state index contributed by atoms with van der Waals surface area (Å²) in [5.74, 6) is 0.920. The van der Waals surface area contributed by atoms with Crippen molar-refractivity contribution in [2.45, 2.75) is 10.8 Å². The van der Waals surface area contributed by atoms with Gasteiger partial charge in [-0.05, 0) is 29.3 Å². The zero-order valence-corrected chi connectivity index (χ0v) is 18.8. The first-order valence-corrected chi connectivity index (χ1v) is 12.3. The number of sulfonamides is 1. The zero-order chi connectivity index (χ0) is 22.8. The van der Waals surface area contributed by atoms with Gasteiger partial charge in [-0.15, -0.1) is 0 Å². The third kappa shape index (κ3) is 4.44. The molecule has 3 heterocycles. The maximum absolute atomic E-state index is 11.7. The van der Waals surface area contributed by atoms with Crippen LogP contribution in [0, 0.1) is 0 Å². The number of nitrogens with zero attached hydrogens (tertiary/aromatic N) is 4. The van der Waals surface area contributed by atoms with Crippen LogP contribution in [0.2, 0.25) is 0 Å². The Hall–Kier alpha value is -3.73. The van der Waals surface area contributed by atoms with Gasteiger partial charge in [-0.1, -0.05) is 59.9 Å². The van der Waals surface area contributed by atoms with Crippen molar-refractivity contribution in [1.82, 2.24) is 19.9 Å². The molecule has 0 saturated heterocycles. The zero-order valence-electron chi connectivity index (χ0n) is 17.2. The van der Waals surface area contributed by atoms with Gasteiger partial charge in [0, 0.05) is 6.20 Å². The second kappa shape index (κ2) is 8.66. The highest BCUT2D eigenvalue weighted by molar-refractivity contribution is 7.91. The van der Waals surface area contributed by atoms with Gasteiger partial charge >= 0.3 is 0 Å². The number of anilines is 1. The minimum atomic E-state index is -3.86.